The van der Waals surface area contributed by atoms with E-state index in [1.807, 2.05) is 36.6 Å². The van der Waals surface area contributed by atoms with Gasteiger partial charge in [0.05, 0.1) is 12.8 Å². The summed E-state index contributed by atoms with van der Waals surface area (Å²) in [5.41, 5.74) is 1.99. The second kappa shape index (κ2) is 8.12. The molecule has 0 saturated carbocycles. The number of fused-ring (bicyclic) bond motifs is 1. The van der Waals surface area contributed by atoms with Crippen LogP contribution < -0.4 is 19.5 Å². The van der Waals surface area contributed by atoms with E-state index >= 15 is 0 Å². The lowest BCUT2D eigenvalue weighted by Gasteiger charge is -2.20. The van der Waals surface area contributed by atoms with E-state index in [9.17, 15) is 4.79 Å². The van der Waals surface area contributed by atoms with Crippen LogP contribution in [0, 0.1) is 0 Å². The molecule has 2 aromatic carbocycles. The van der Waals surface area contributed by atoms with Crippen LogP contribution in [0.2, 0.25) is 0 Å². The molecule has 0 bridgehead atoms. The van der Waals surface area contributed by atoms with Gasteiger partial charge < -0.3 is 19.5 Å². The summed E-state index contributed by atoms with van der Waals surface area (Å²) >= 11 is 2.96. The first-order valence-electron chi connectivity index (χ1n) is 8.57. The van der Waals surface area contributed by atoms with Crippen molar-refractivity contribution in [1.82, 2.24) is 4.98 Å². The van der Waals surface area contributed by atoms with E-state index in [-0.39, 0.29) is 5.91 Å². The maximum Gasteiger partial charge on any atom is 0.275 e. The van der Waals surface area contributed by atoms with Crippen molar-refractivity contribution < 1.29 is 19.0 Å². The Morgan fingerprint density at radius 1 is 1.18 bits per heavy atom. The molecule has 0 unspecified atom stereocenters. The van der Waals surface area contributed by atoms with Crippen molar-refractivity contribution in [2.75, 3.05) is 31.9 Å². The molecule has 0 saturated heterocycles. The lowest BCUT2D eigenvalue weighted by atomic mass is 10.2. The fraction of sp³-hybridized carbons (Fsp3) is 0.200. The van der Waals surface area contributed by atoms with Gasteiger partial charge in [0, 0.05) is 21.9 Å². The Kier molecular flexibility index (Phi) is 5.40. The molecular weight excluding hydrogens is 396 g/mol. The molecule has 1 amide bonds. The molecule has 0 radical (unpaired) electrons. The summed E-state index contributed by atoms with van der Waals surface area (Å²) < 4.78 is 16.4. The average molecular weight is 415 g/mol. The summed E-state index contributed by atoms with van der Waals surface area (Å²) in [6.45, 7) is 1.02. The molecule has 1 aliphatic rings. The molecule has 3 aromatic rings. The molecule has 0 aliphatic carbocycles. The SMILES string of the molecule is COc1ccc(-c2nc(C(=O)Nc3cc4c(cc3SC)OCCO4)cs2)cc1. The van der Waals surface area contributed by atoms with Gasteiger partial charge in [-0.3, -0.25) is 4.79 Å². The highest BCUT2D eigenvalue weighted by molar-refractivity contribution is 7.98. The summed E-state index contributed by atoms with van der Waals surface area (Å²) in [4.78, 5) is 18.1. The summed E-state index contributed by atoms with van der Waals surface area (Å²) in [6.07, 6.45) is 1.95. The number of carbonyl (C=O) groups is 1. The monoisotopic (exact) mass is 414 g/mol. The first-order valence-corrected chi connectivity index (χ1v) is 10.7. The van der Waals surface area contributed by atoms with Crippen LogP contribution in [0.15, 0.2) is 46.7 Å². The largest absolute Gasteiger partial charge is 0.497 e. The first-order chi connectivity index (χ1) is 13.7. The second-order valence-electron chi connectivity index (χ2n) is 5.92. The number of hydrogen-bond donors (Lipinski definition) is 1. The topological polar surface area (TPSA) is 69.7 Å². The molecule has 1 aliphatic heterocycles. The van der Waals surface area contributed by atoms with Crippen molar-refractivity contribution >= 4 is 34.7 Å². The third-order valence-electron chi connectivity index (χ3n) is 4.19. The fourth-order valence-corrected chi connectivity index (χ4v) is 4.13. The number of rotatable bonds is 5. The van der Waals surface area contributed by atoms with E-state index in [4.69, 9.17) is 14.2 Å². The summed E-state index contributed by atoms with van der Waals surface area (Å²) in [5, 5.41) is 5.47. The average Bonchev–Trinajstić information content (AvgIpc) is 3.23. The van der Waals surface area contributed by atoms with Gasteiger partial charge in [0.25, 0.3) is 5.91 Å². The summed E-state index contributed by atoms with van der Waals surface area (Å²) in [7, 11) is 1.63. The van der Waals surface area contributed by atoms with Crippen LogP contribution in [0.3, 0.4) is 0 Å². The van der Waals surface area contributed by atoms with E-state index in [0.717, 1.165) is 21.2 Å². The van der Waals surface area contributed by atoms with Gasteiger partial charge in [-0.25, -0.2) is 4.98 Å². The Hall–Kier alpha value is -2.71. The smallest absolute Gasteiger partial charge is 0.275 e. The van der Waals surface area contributed by atoms with Crippen molar-refractivity contribution in [3.05, 3.63) is 47.5 Å². The lowest BCUT2D eigenvalue weighted by molar-refractivity contribution is 0.102. The van der Waals surface area contributed by atoms with Gasteiger partial charge in [-0.1, -0.05) is 0 Å². The molecule has 1 N–H and O–H groups in total. The number of nitrogens with one attached hydrogen (secondary N) is 1. The van der Waals surface area contributed by atoms with Crippen LogP contribution in [0.5, 0.6) is 17.2 Å². The second-order valence-corrected chi connectivity index (χ2v) is 7.62. The number of carbonyl (C=O) groups excluding carboxylic acids is 1. The highest BCUT2D eigenvalue weighted by Gasteiger charge is 2.19. The van der Waals surface area contributed by atoms with Gasteiger partial charge in [0.15, 0.2) is 11.5 Å². The minimum absolute atomic E-state index is 0.261. The van der Waals surface area contributed by atoms with Crippen LogP contribution in [0.1, 0.15) is 10.5 Å². The highest BCUT2D eigenvalue weighted by atomic mass is 32.2. The molecule has 8 heteroatoms. The number of thioether (sulfide) groups is 1. The molecule has 4 rings (SSSR count). The molecule has 6 nitrogen and oxygen atoms in total. The van der Waals surface area contributed by atoms with Crippen molar-refractivity contribution in [2.45, 2.75) is 4.90 Å². The molecule has 0 fully saturated rings. The molecule has 0 atom stereocenters. The highest BCUT2D eigenvalue weighted by Crippen LogP contribution is 2.39. The van der Waals surface area contributed by atoms with E-state index in [1.165, 1.54) is 23.1 Å². The third kappa shape index (κ3) is 3.79. The van der Waals surface area contributed by atoms with Gasteiger partial charge in [0.1, 0.15) is 29.7 Å². The number of nitrogens with zero attached hydrogens (tertiary/aromatic N) is 1. The van der Waals surface area contributed by atoms with E-state index < -0.39 is 0 Å². The Morgan fingerprint density at radius 3 is 2.57 bits per heavy atom. The number of anilines is 1. The molecular formula is C20H18N2O4S2. The number of hydrogen-bond acceptors (Lipinski definition) is 7. The van der Waals surface area contributed by atoms with Crippen LogP contribution >= 0.6 is 23.1 Å². The molecule has 28 heavy (non-hydrogen) atoms. The standard InChI is InChI=1S/C20H18N2O4S2/c1-24-13-5-3-12(4-6-13)20-22-15(11-28-20)19(23)21-14-9-16-17(10-18(14)27-2)26-8-7-25-16/h3-6,9-11H,7-8H2,1-2H3,(H,21,23). The fourth-order valence-electron chi connectivity index (χ4n) is 2.77. The van der Waals surface area contributed by atoms with Crippen molar-refractivity contribution in [3.63, 3.8) is 0 Å². The minimum Gasteiger partial charge on any atom is -0.497 e. The van der Waals surface area contributed by atoms with Gasteiger partial charge in [-0.15, -0.1) is 23.1 Å². The zero-order valence-corrected chi connectivity index (χ0v) is 17.0. The van der Waals surface area contributed by atoms with Crippen molar-refractivity contribution in [3.8, 4) is 27.8 Å². The third-order valence-corrected chi connectivity index (χ3v) is 5.86. The lowest BCUT2D eigenvalue weighted by Crippen LogP contribution is -2.17. The van der Waals surface area contributed by atoms with Crippen LogP contribution in [-0.4, -0.2) is 37.5 Å². The molecule has 1 aromatic heterocycles. The number of amides is 1. The van der Waals surface area contributed by atoms with E-state index in [1.54, 1.807) is 18.6 Å². The predicted molar refractivity (Wildman–Crippen MR) is 111 cm³/mol. The Morgan fingerprint density at radius 2 is 1.89 bits per heavy atom. The number of benzene rings is 2. The van der Waals surface area contributed by atoms with Crippen LogP contribution in [0.25, 0.3) is 10.6 Å². The molecule has 2 heterocycles. The number of ether oxygens (including phenoxy) is 3. The van der Waals surface area contributed by atoms with Crippen LogP contribution in [0.4, 0.5) is 5.69 Å². The van der Waals surface area contributed by atoms with E-state index in [2.05, 4.69) is 10.3 Å². The number of methoxy groups -OCH3 is 1. The zero-order chi connectivity index (χ0) is 19.5. The minimum atomic E-state index is -0.261. The Labute approximate surface area is 170 Å². The van der Waals surface area contributed by atoms with Crippen LogP contribution in [-0.2, 0) is 0 Å². The van der Waals surface area contributed by atoms with Gasteiger partial charge in [0.2, 0.25) is 0 Å². The van der Waals surface area contributed by atoms with Gasteiger partial charge in [-0.05, 0) is 36.6 Å². The number of aromatic nitrogens is 1. The Balaban J connectivity index is 1.55. The zero-order valence-electron chi connectivity index (χ0n) is 15.4. The molecule has 144 valence electrons. The van der Waals surface area contributed by atoms with Crippen molar-refractivity contribution in [2.24, 2.45) is 0 Å². The van der Waals surface area contributed by atoms with E-state index in [0.29, 0.717) is 36.1 Å². The number of thiazole rings is 1. The van der Waals surface area contributed by atoms with Gasteiger partial charge >= 0.3 is 0 Å². The predicted octanol–water partition coefficient (Wildman–Crippen LogP) is 4.56. The quantitative estimate of drug-likeness (QED) is 0.617. The maximum atomic E-state index is 12.7. The Bertz CT molecular complexity index is 1000. The molecule has 0 spiro atoms. The van der Waals surface area contributed by atoms with Gasteiger partial charge in [-0.2, -0.15) is 0 Å². The summed E-state index contributed by atoms with van der Waals surface area (Å²) in [6, 6.07) is 11.3. The van der Waals surface area contributed by atoms with Crippen molar-refractivity contribution in [1.29, 1.82) is 0 Å². The summed E-state index contributed by atoms with van der Waals surface area (Å²) in [5.74, 6) is 1.85. The first kappa shape index (κ1) is 18.6. The maximum absolute atomic E-state index is 12.7. The normalized spacial score (nSPS) is 12.5.